The summed E-state index contributed by atoms with van der Waals surface area (Å²) in [6.07, 6.45) is 0. The van der Waals surface area contributed by atoms with Gasteiger partial charge in [-0.1, -0.05) is 30.3 Å². The van der Waals surface area contributed by atoms with Gasteiger partial charge in [-0.2, -0.15) is 0 Å². The number of aromatic nitrogens is 1. The SMILES string of the molecule is COC(=O)c1c(C)nc2c3c(cccc13)Nc1ccccc1-2. The molecule has 108 valence electrons. The molecule has 0 bridgehead atoms. The third-order valence-corrected chi connectivity index (χ3v) is 4.05. The van der Waals surface area contributed by atoms with E-state index in [1.165, 1.54) is 7.11 Å². The molecular formula is C18H14N2O2. The Morgan fingerprint density at radius 3 is 2.68 bits per heavy atom. The van der Waals surface area contributed by atoms with Crippen molar-refractivity contribution in [1.82, 2.24) is 4.98 Å². The number of anilines is 2. The van der Waals surface area contributed by atoms with Crippen molar-refractivity contribution in [3.8, 4) is 11.3 Å². The molecule has 0 atom stereocenters. The minimum atomic E-state index is -0.354. The van der Waals surface area contributed by atoms with Gasteiger partial charge < -0.3 is 10.1 Å². The van der Waals surface area contributed by atoms with Gasteiger partial charge in [0.1, 0.15) is 0 Å². The Morgan fingerprint density at radius 1 is 1.09 bits per heavy atom. The minimum absolute atomic E-state index is 0.354. The molecule has 2 aromatic carbocycles. The lowest BCUT2D eigenvalue weighted by atomic mass is 9.94. The topological polar surface area (TPSA) is 51.2 Å². The highest BCUT2D eigenvalue weighted by Crippen LogP contribution is 2.43. The van der Waals surface area contributed by atoms with E-state index in [0.29, 0.717) is 11.3 Å². The molecule has 4 heteroatoms. The Hall–Kier alpha value is -2.88. The van der Waals surface area contributed by atoms with Crippen molar-refractivity contribution in [1.29, 1.82) is 0 Å². The fourth-order valence-corrected chi connectivity index (χ4v) is 3.09. The number of carbonyl (C=O) groups is 1. The van der Waals surface area contributed by atoms with Gasteiger partial charge in [-0.25, -0.2) is 4.79 Å². The predicted octanol–water partition coefficient (Wildman–Crippen LogP) is 4.05. The van der Waals surface area contributed by atoms with Crippen LogP contribution in [0.25, 0.3) is 22.0 Å². The molecule has 22 heavy (non-hydrogen) atoms. The lowest BCUT2D eigenvalue weighted by Gasteiger charge is -2.23. The van der Waals surface area contributed by atoms with Gasteiger partial charge in [0.15, 0.2) is 0 Å². The second kappa shape index (κ2) is 4.56. The van der Waals surface area contributed by atoms with Crippen LogP contribution >= 0.6 is 0 Å². The van der Waals surface area contributed by atoms with Gasteiger partial charge in [0.25, 0.3) is 0 Å². The molecule has 0 saturated heterocycles. The normalized spacial score (nSPS) is 11.7. The number of aryl methyl sites for hydroxylation is 1. The van der Waals surface area contributed by atoms with Crippen LogP contribution in [0.1, 0.15) is 16.1 Å². The number of para-hydroxylation sites is 1. The van der Waals surface area contributed by atoms with Crippen molar-refractivity contribution >= 4 is 28.1 Å². The van der Waals surface area contributed by atoms with Gasteiger partial charge in [0.2, 0.25) is 0 Å². The first-order chi connectivity index (χ1) is 10.7. The van der Waals surface area contributed by atoms with E-state index in [2.05, 4.69) is 5.32 Å². The number of methoxy groups -OCH3 is 1. The summed E-state index contributed by atoms with van der Waals surface area (Å²) in [5.41, 5.74) is 5.16. The maximum Gasteiger partial charge on any atom is 0.340 e. The van der Waals surface area contributed by atoms with E-state index in [0.717, 1.165) is 33.4 Å². The Labute approximate surface area is 127 Å². The van der Waals surface area contributed by atoms with Crippen LogP contribution < -0.4 is 5.32 Å². The van der Waals surface area contributed by atoms with Crippen LogP contribution in [0.2, 0.25) is 0 Å². The fraction of sp³-hybridized carbons (Fsp3) is 0.111. The van der Waals surface area contributed by atoms with E-state index in [1.807, 2.05) is 49.4 Å². The minimum Gasteiger partial charge on any atom is -0.465 e. The third kappa shape index (κ3) is 1.64. The van der Waals surface area contributed by atoms with Crippen LogP contribution in [0.4, 0.5) is 11.4 Å². The lowest BCUT2D eigenvalue weighted by molar-refractivity contribution is 0.0601. The highest BCUT2D eigenvalue weighted by atomic mass is 16.5. The van der Waals surface area contributed by atoms with Gasteiger partial charge in [0.05, 0.1) is 24.1 Å². The molecule has 3 aromatic rings. The number of fused-ring (bicyclic) bond motifs is 2. The second-order valence-corrected chi connectivity index (χ2v) is 5.31. The molecule has 0 radical (unpaired) electrons. The molecule has 1 aliphatic rings. The largest absolute Gasteiger partial charge is 0.465 e. The first kappa shape index (κ1) is 12.8. The Bertz CT molecular complexity index is 932. The van der Waals surface area contributed by atoms with Crippen molar-refractivity contribution in [2.24, 2.45) is 0 Å². The molecule has 0 amide bonds. The smallest absolute Gasteiger partial charge is 0.340 e. The van der Waals surface area contributed by atoms with Crippen LogP contribution in [-0.2, 0) is 4.74 Å². The third-order valence-electron chi connectivity index (χ3n) is 4.05. The predicted molar refractivity (Wildman–Crippen MR) is 86.5 cm³/mol. The maximum absolute atomic E-state index is 12.1. The summed E-state index contributed by atoms with van der Waals surface area (Å²) in [4.78, 5) is 16.8. The molecule has 0 spiro atoms. The zero-order chi connectivity index (χ0) is 15.3. The number of pyridine rings is 1. The number of hydrogen-bond acceptors (Lipinski definition) is 4. The van der Waals surface area contributed by atoms with Gasteiger partial charge in [-0.3, -0.25) is 4.98 Å². The number of nitrogens with zero attached hydrogens (tertiary/aromatic N) is 1. The van der Waals surface area contributed by atoms with Crippen molar-refractivity contribution in [2.75, 3.05) is 12.4 Å². The summed E-state index contributed by atoms with van der Waals surface area (Å²) in [7, 11) is 1.39. The van der Waals surface area contributed by atoms with E-state index < -0.39 is 0 Å². The highest BCUT2D eigenvalue weighted by Gasteiger charge is 2.24. The van der Waals surface area contributed by atoms with Crippen molar-refractivity contribution in [3.63, 3.8) is 0 Å². The van der Waals surface area contributed by atoms with Gasteiger partial charge in [0, 0.05) is 27.7 Å². The molecule has 0 unspecified atom stereocenters. The summed E-state index contributed by atoms with van der Waals surface area (Å²) < 4.78 is 4.93. The quantitative estimate of drug-likeness (QED) is 0.537. The number of carbonyl (C=O) groups excluding carboxylic acids is 1. The van der Waals surface area contributed by atoms with Crippen LogP contribution in [-0.4, -0.2) is 18.1 Å². The molecule has 1 aliphatic heterocycles. The highest BCUT2D eigenvalue weighted by molar-refractivity contribution is 6.16. The average molecular weight is 290 g/mol. The van der Waals surface area contributed by atoms with E-state index in [4.69, 9.17) is 9.72 Å². The molecule has 4 nitrogen and oxygen atoms in total. The van der Waals surface area contributed by atoms with Crippen LogP contribution in [0.3, 0.4) is 0 Å². The monoisotopic (exact) mass is 290 g/mol. The molecule has 0 saturated carbocycles. The Morgan fingerprint density at radius 2 is 1.86 bits per heavy atom. The summed E-state index contributed by atoms with van der Waals surface area (Å²) in [5.74, 6) is -0.354. The molecule has 2 heterocycles. The number of esters is 1. The fourth-order valence-electron chi connectivity index (χ4n) is 3.09. The molecule has 0 fully saturated rings. The maximum atomic E-state index is 12.1. The molecule has 1 N–H and O–H groups in total. The molecular weight excluding hydrogens is 276 g/mol. The van der Waals surface area contributed by atoms with Gasteiger partial charge >= 0.3 is 5.97 Å². The van der Waals surface area contributed by atoms with Crippen LogP contribution in [0.5, 0.6) is 0 Å². The van der Waals surface area contributed by atoms with Gasteiger partial charge in [-0.05, 0) is 19.1 Å². The average Bonchev–Trinajstić information content (AvgIpc) is 2.54. The summed E-state index contributed by atoms with van der Waals surface area (Å²) in [6.45, 7) is 1.85. The van der Waals surface area contributed by atoms with E-state index in [-0.39, 0.29) is 5.97 Å². The van der Waals surface area contributed by atoms with E-state index >= 15 is 0 Å². The van der Waals surface area contributed by atoms with Crippen molar-refractivity contribution in [2.45, 2.75) is 6.92 Å². The summed E-state index contributed by atoms with van der Waals surface area (Å²) in [6, 6.07) is 13.9. The van der Waals surface area contributed by atoms with Crippen LogP contribution in [0.15, 0.2) is 42.5 Å². The van der Waals surface area contributed by atoms with Crippen molar-refractivity contribution in [3.05, 3.63) is 53.7 Å². The Balaban J connectivity index is 2.16. The molecule has 1 aromatic heterocycles. The van der Waals surface area contributed by atoms with E-state index in [9.17, 15) is 4.79 Å². The zero-order valence-electron chi connectivity index (χ0n) is 12.3. The lowest BCUT2D eigenvalue weighted by Crippen LogP contribution is -2.10. The van der Waals surface area contributed by atoms with Gasteiger partial charge in [-0.15, -0.1) is 0 Å². The second-order valence-electron chi connectivity index (χ2n) is 5.31. The standard InChI is InChI=1S/C18H14N2O2/c1-10-15(18(21)22-2)12-7-5-9-14-16(12)17(19-10)11-6-3-4-8-13(11)20-14/h3-9,20H,1-2H3. The number of nitrogens with one attached hydrogen (secondary N) is 1. The first-order valence-corrected chi connectivity index (χ1v) is 7.09. The zero-order valence-corrected chi connectivity index (χ0v) is 12.3. The molecule has 0 aliphatic carbocycles. The number of ether oxygens (including phenoxy) is 1. The van der Waals surface area contributed by atoms with Crippen LogP contribution in [0, 0.1) is 6.92 Å². The number of rotatable bonds is 1. The summed E-state index contributed by atoms with van der Waals surface area (Å²) >= 11 is 0. The van der Waals surface area contributed by atoms with E-state index in [1.54, 1.807) is 0 Å². The molecule has 4 rings (SSSR count). The number of hydrogen-bond donors (Lipinski definition) is 1. The Kier molecular flexibility index (Phi) is 2.66. The summed E-state index contributed by atoms with van der Waals surface area (Å²) in [5, 5.41) is 5.25. The van der Waals surface area contributed by atoms with Crippen molar-refractivity contribution < 1.29 is 9.53 Å². The first-order valence-electron chi connectivity index (χ1n) is 7.09. The number of benzene rings is 2.